The molecule has 0 aromatic heterocycles. The molecule has 0 saturated heterocycles. The van der Waals surface area contributed by atoms with Crippen molar-refractivity contribution < 1.29 is 0 Å². The molecule has 0 aliphatic rings. The van der Waals surface area contributed by atoms with Gasteiger partial charge >= 0.3 is 0 Å². The zero-order valence-corrected chi connectivity index (χ0v) is 41.3. The molecule has 2 atom stereocenters. The van der Waals surface area contributed by atoms with Gasteiger partial charge in [-0.25, -0.2) is 0 Å². The Morgan fingerprint density at radius 2 is 0.619 bits per heavy atom. The fourth-order valence-electron chi connectivity index (χ4n) is 10.2. The molecular formula is C61H94N2. The zero-order valence-electron chi connectivity index (χ0n) is 41.3. The number of unbranched alkanes of at least 4 members (excludes halogenated alkanes) is 24. The van der Waals surface area contributed by atoms with Crippen LogP contribution in [-0.4, -0.2) is 0 Å². The number of benzene rings is 4. The second kappa shape index (κ2) is 32.2. The SMILES string of the molecule is CCCCCCCCCC(c1ccc(CCCCCCCCCCCCCCCc2ccc(C(CCCCCCCCC)c3ccc(N)cc3C)cc2)cc1)c1ccc(N)cc1C. The average molecular weight is 855 g/mol. The third-order valence-corrected chi connectivity index (χ3v) is 14.2. The van der Waals surface area contributed by atoms with Gasteiger partial charge in [-0.05, 0) is 121 Å². The van der Waals surface area contributed by atoms with Gasteiger partial charge in [-0.3, -0.25) is 0 Å². The minimum atomic E-state index is 0.463. The second-order valence-corrected chi connectivity index (χ2v) is 19.7. The first-order chi connectivity index (χ1) is 30.9. The molecule has 4 rings (SSSR count). The summed E-state index contributed by atoms with van der Waals surface area (Å²) in [6.45, 7) is 9.07. The lowest BCUT2D eigenvalue weighted by Gasteiger charge is -2.21. The van der Waals surface area contributed by atoms with Crippen molar-refractivity contribution in [2.24, 2.45) is 0 Å². The van der Waals surface area contributed by atoms with Crippen LogP contribution < -0.4 is 11.5 Å². The van der Waals surface area contributed by atoms with Crippen molar-refractivity contribution in [3.05, 3.63) is 129 Å². The van der Waals surface area contributed by atoms with Gasteiger partial charge in [0, 0.05) is 23.2 Å². The number of hydrogen-bond acceptors (Lipinski definition) is 2. The number of nitrogen functional groups attached to an aromatic ring is 2. The van der Waals surface area contributed by atoms with Crippen molar-refractivity contribution in [2.75, 3.05) is 11.5 Å². The van der Waals surface area contributed by atoms with Gasteiger partial charge in [-0.15, -0.1) is 0 Å². The summed E-state index contributed by atoms with van der Waals surface area (Å²) in [5, 5.41) is 0. The molecule has 0 radical (unpaired) electrons. The molecule has 4 aromatic rings. The van der Waals surface area contributed by atoms with E-state index < -0.39 is 0 Å². The molecule has 0 spiro atoms. The molecule has 0 aliphatic heterocycles. The first kappa shape index (κ1) is 52.1. The van der Waals surface area contributed by atoms with E-state index in [0.29, 0.717) is 11.8 Å². The lowest BCUT2D eigenvalue weighted by molar-refractivity contribution is 0.536. The Kier molecular flexibility index (Phi) is 26.6. The number of hydrogen-bond donors (Lipinski definition) is 2. The highest BCUT2D eigenvalue weighted by Crippen LogP contribution is 2.35. The zero-order chi connectivity index (χ0) is 44.7. The average Bonchev–Trinajstić information content (AvgIpc) is 3.28. The van der Waals surface area contributed by atoms with Crippen molar-refractivity contribution in [1.82, 2.24) is 0 Å². The van der Waals surface area contributed by atoms with Crippen LogP contribution in [0.4, 0.5) is 11.4 Å². The largest absolute Gasteiger partial charge is 0.399 e. The molecule has 4 N–H and O–H groups in total. The minimum absolute atomic E-state index is 0.463. The molecule has 0 heterocycles. The van der Waals surface area contributed by atoms with E-state index in [-0.39, 0.29) is 0 Å². The van der Waals surface area contributed by atoms with E-state index in [9.17, 15) is 0 Å². The fraction of sp³-hybridized carbons (Fsp3) is 0.607. The van der Waals surface area contributed by atoms with Crippen LogP contribution in [0.25, 0.3) is 0 Å². The van der Waals surface area contributed by atoms with Gasteiger partial charge in [0.1, 0.15) is 0 Å². The number of anilines is 2. The van der Waals surface area contributed by atoms with E-state index >= 15 is 0 Å². The van der Waals surface area contributed by atoms with Gasteiger partial charge in [0.25, 0.3) is 0 Å². The Balaban J connectivity index is 1.03. The number of aryl methyl sites for hydroxylation is 4. The van der Waals surface area contributed by atoms with Crippen LogP contribution in [0.15, 0.2) is 84.9 Å². The quantitative estimate of drug-likeness (QED) is 0.0354. The van der Waals surface area contributed by atoms with Crippen molar-refractivity contribution in [1.29, 1.82) is 0 Å². The van der Waals surface area contributed by atoms with Crippen LogP contribution in [-0.2, 0) is 12.8 Å². The van der Waals surface area contributed by atoms with Gasteiger partial charge in [-0.2, -0.15) is 0 Å². The predicted octanol–water partition coefficient (Wildman–Crippen LogP) is 18.9. The molecule has 0 bridgehead atoms. The molecule has 4 aromatic carbocycles. The number of nitrogens with two attached hydrogens (primary N) is 2. The first-order valence-corrected chi connectivity index (χ1v) is 26.8. The van der Waals surface area contributed by atoms with Gasteiger partial charge in [0.2, 0.25) is 0 Å². The summed E-state index contributed by atoms with van der Waals surface area (Å²) in [7, 11) is 0. The van der Waals surface area contributed by atoms with Gasteiger partial charge in [0.05, 0.1) is 0 Å². The Bertz CT molecular complexity index is 1610. The van der Waals surface area contributed by atoms with Crippen molar-refractivity contribution in [2.45, 2.75) is 239 Å². The lowest BCUT2D eigenvalue weighted by Crippen LogP contribution is -2.05. The van der Waals surface area contributed by atoms with Crippen LogP contribution in [0.2, 0.25) is 0 Å². The minimum Gasteiger partial charge on any atom is -0.399 e. The summed E-state index contributed by atoms with van der Waals surface area (Å²) < 4.78 is 0. The fourth-order valence-corrected chi connectivity index (χ4v) is 10.2. The van der Waals surface area contributed by atoms with Crippen LogP contribution in [0, 0.1) is 13.8 Å². The van der Waals surface area contributed by atoms with Gasteiger partial charge < -0.3 is 11.5 Å². The topological polar surface area (TPSA) is 52.0 Å². The van der Waals surface area contributed by atoms with E-state index in [2.05, 4.69) is 113 Å². The molecule has 2 heteroatoms. The maximum Gasteiger partial charge on any atom is 0.0316 e. The summed E-state index contributed by atoms with van der Waals surface area (Å²) in [6.07, 6.45) is 41.9. The summed E-state index contributed by atoms with van der Waals surface area (Å²) >= 11 is 0. The van der Waals surface area contributed by atoms with E-state index in [1.807, 2.05) is 0 Å². The third kappa shape index (κ3) is 20.9. The molecule has 0 aliphatic carbocycles. The summed E-state index contributed by atoms with van der Waals surface area (Å²) in [5.41, 5.74) is 25.5. The van der Waals surface area contributed by atoms with Crippen LogP contribution in [0.1, 0.15) is 256 Å². The summed E-state index contributed by atoms with van der Waals surface area (Å²) in [4.78, 5) is 0. The monoisotopic (exact) mass is 855 g/mol. The van der Waals surface area contributed by atoms with E-state index in [1.165, 1.54) is 244 Å². The van der Waals surface area contributed by atoms with E-state index in [4.69, 9.17) is 11.5 Å². The van der Waals surface area contributed by atoms with Gasteiger partial charge in [0.15, 0.2) is 0 Å². The van der Waals surface area contributed by atoms with Crippen molar-refractivity contribution >= 4 is 11.4 Å². The highest BCUT2D eigenvalue weighted by molar-refractivity contribution is 5.49. The molecule has 2 unspecified atom stereocenters. The predicted molar refractivity (Wildman–Crippen MR) is 280 cm³/mol. The molecule has 63 heavy (non-hydrogen) atoms. The lowest BCUT2D eigenvalue weighted by atomic mass is 9.84. The molecular weight excluding hydrogens is 761 g/mol. The third-order valence-electron chi connectivity index (χ3n) is 14.2. The maximum atomic E-state index is 6.14. The normalized spacial score (nSPS) is 12.5. The highest BCUT2D eigenvalue weighted by atomic mass is 14.5. The summed E-state index contributed by atoms with van der Waals surface area (Å²) in [6, 6.07) is 32.4. The maximum absolute atomic E-state index is 6.14. The number of rotatable bonds is 36. The van der Waals surface area contributed by atoms with Crippen LogP contribution in [0.5, 0.6) is 0 Å². The standard InChI is InChI=1S/C61H94N2/c1-5-7-9-11-20-26-30-34-60(58-46-44-56(62)48-50(58)3)54-40-36-52(37-41-54)32-28-24-22-18-16-14-13-15-17-19-23-25-29-33-53-38-42-55(43-39-53)61(35-31-27-21-12-10-8-6-2)59-47-45-57(63)49-51(59)4/h36-49,60-61H,5-35,62-63H2,1-4H3. The van der Waals surface area contributed by atoms with E-state index in [1.54, 1.807) is 0 Å². The second-order valence-electron chi connectivity index (χ2n) is 19.7. The van der Waals surface area contributed by atoms with Crippen molar-refractivity contribution in [3.8, 4) is 0 Å². The Labute approximate surface area is 389 Å². The molecule has 0 saturated carbocycles. The van der Waals surface area contributed by atoms with Crippen molar-refractivity contribution in [3.63, 3.8) is 0 Å². The highest BCUT2D eigenvalue weighted by Gasteiger charge is 2.18. The Morgan fingerprint density at radius 1 is 0.333 bits per heavy atom. The molecule has 0 fully saturated rings. The smallest absolute Gasteiger partial charge is 0.0316 e. The summed E-state index contributed by atoms with van der Waals surface area (Å²) in [5.74, 6) is 0.926. The van der Waals surface area contributed by atoms with Crippen LogP contribution >= 0.6 is 0 Å². The molecule has 348 valence electrons. The molecule has 2 nitrogen and oxygen atoms in total. The molecule has 0 amide bonds. The Hall–Kier alpha value is -3.52. The van der Waals surface area contributed by atoms with E-state index in [0.717, 1.165) is 11.4 Å². The Morgan fingerprint density at radius 3 is 0.921 bits per heavy atom. The van der Waals surface area contributed by atoms with Gasteiger partial charge in [-0.1, -0.05) is 235 Å². The van der Waals surface area contributed by atoms with Crippen LogP contribution in [0.3, 0.4) is 0 Å². The first-order valence-electron chi connectivity index (χ1n) is 26.8.